The Hall–Kier alpha value is -12.9. The molecule has 10 heteroatoms. The zero-order chi connectivity index (χ0) is 67.7. The number of hydrogen-bond acceptors (Lipinski definition) is 4. The standard InChI is InChI=1S/C94H56N8.2Zn/c1-7-25-65(26-8-1)89-77-47-43-73(95-77)71(74-44-48-78(96-74)90(66-27-9-2-10-28-66)82-52-56-86(100-82)93(69-33-15-5-16-34-69)85-55-51-81(89)99-85)41-39-63-23-19-21-61(59-63)37-38-62-22-20-24-64(60-62)40-42-72-75-45-49-79(97-75)91(67-29-11-3-12-30-67)83-53-57-87(101-83)94(70-35-17-6-18-36-70)88-58-54-84(102-88)92(68-31-13-4-14-32-68)80-50-46-76(72)98-80;;/h1-38,43-60H;;/q-4;2*+2/b38-37-,73-71?,74-71?,75-72?,76-72?,89-77?,89-81?,90-78?,90-82?,91-79?,91-83?,92-80?,92-84?,93-85?,93-86?,94-87?,94-88?;;. The zero-order valence-electron chi connectivity index (χ0n) is 56.3. The van der Waals surface area contributed by atoms with E-state index in [2.05, 4.69) is 230 Å². The average Bonchev–Trinajstić information content (AvgIpc) is 1.63. The van der Waals surface area contributed by atoms with Gasteiger partial charge in [-0.1, -0.05) is 291 Å². The van der Waals surface area contributed by atoms with Crippen molar-refractivity contribution in [1.29, 1.82) is 0 Å². The molecule has 0 unspecified atom stereocenters. The van der Waals surface area contributed by atoms with Crippen molar-refractivity contribution in [2.45, 2.75) is 0 Å². The minimum absolute atomic E-state index is 0. The second-order valence-electron chi connectivity index (χ2n) is 25.0. The van der Waals surface area contributed by atoms with E-state index in [-0.39, 0.29) is 39.0 Å². The Labute approximate surface area is 627 Å². The molecular formula is C94H56N8Zn2. The van der Waals surface area contributed by atoms with Crippen molar-refractivity contribution >= 4 is 105 Å². The Morgan fingerprint density at radius 3 is 0.692 bits per heavy atom. The summed E-state index contributed by atoms with van der Waals surface area (Å²) in [5.74, 6) is 14.3. The van der Waals surface area contributed by atoms with Crippen LogP contribution in [0.2, 0.25) is 0 Å². The third-order valence-corrected chi connectivity index (χ3v) is 18.5. The molecule has 0 saturated carbocycles. The number of fused-ring (bicyclic) bond motifs is 16. The predicted molar refractivity (Wildman–Crippen MR) is 420 cm³/mol. The van der Waals surface area contributed by atoms with Gasteiger partial charge in [-0.15, -0.1) is 44.1 Å². The maximum Gasteiger partial charge on any atom is 2.00 e. The van der Waals surface area contributed by atoms with Gasteiger partial charge in [0.15, 0.2) is 0 Å². The van der Waals surface area contributed by atoms with Crippen molar-refractivity contribution in [3.05, 3.63) is 358 Å². The Morgan fingerprint density at radius 1 is 0.212 bits per heavy atom. The van der Waals surface area contributed by atoms with Crippen LogP contribution in [-0.4, -0.2) is 19.9 Å². The van der Waals surface area contributed by atoms with Crippen molar-refractivity contribution in [1.82, 2.24) is 39.9 Å². The summed E-state index contributed by atoms with van der Waals surface area (Å²) in [6.07, 6.45) is 20.8. The average molecular weight is 1430 g/mol. The van der Waals surface area contributed by atoms with E-state index in [0.29, 0.717) is 33.5 Å². The summed E-state index contributed by atoms with van der Waals surface area (Å²) in [4.78, 5) is 43.3. The number of aromatic nitrogens is 8. The van der Waals surface area contributed by atoms with E-state index in [1.165, 1.54) is 0 Å². The van der Waals surface area contributed by atoms with Gasteiger partial charge in [0.05, 0.1) is 45.6 Å². The van der Waals surface area contributed by atoms with Crippen molar-refractivity contribution in [2.75, 3.05) is 0 Å². The van der Waals surface area contributed by atoms with Crippen molar-refractivity contribution in [3.8, 4) is 90.4 Å². The van der Waals surface area contributed by atoms with E-state index in [4.69, 9.17) is 39.9 Å². The number of benzene rings is 8. The van der Waals surface area contributed by atoms with Gasteiger partial charge in [0.25, 0.3) is 0 Å². The summed E-state index contributed by atoms with van der Waals surface area (Å²) in [7, 11) is 0. The van der Waals surface area contributed by atoms with E-state index in [0.717, 1.165) is 156 Å². The molecule has 0 spiro atoms. The predicted octanol–water partition coefficient (Wildman–Crippen LogP) is 21.1. The topological polar surface area (TPSA) is 108 Å². The molecule has 10 heterocycles. The van der Waals surface area contributed by atoms with Gasteiger partial charge in [-0.3, -0.25) is 0 Å². The monoisotopic (exact) mass is 1420 g/mol. The first kappa shape index (κ1) is 65.7. The molecule has 6 aromatic heterocycles. The maximum absolute atomic E-state index is 5.41. The van der Waals surface area contributed by atoms with Gasteiger partial charge in [0, 0.05) is 22.3 Å². The number of hydrogen-bond donors (Lipinski definition) is 0. The Kier molecular flexibility index (Phi) is 18.3. The second kappa shape index (κ2) is 29.0. The fraction of sp³-hybridized carbons (Fsp3) is 0. The summed E-state index contributed by atoms with van der Waals surface area (Å²) in [5.41, 5.74) is 29.0. The molecule has 8 nitrogen and oxygen atoms in total. The van der Waals surface area contributed by atoms with Crippen molar-refractivity contribution < 1.29 is 39.0 Å². The molecule has 0 atom stereocenters. The van der Waals surface area contributed by atoms with Crippen LogP contribution in [0.3, 0.4) is 0 Å². The molecule has 0 amide bonds. The first-order valence-corrected chi connectivity index (χ1v) is 33.9. The third-order valence-electron chi connectivity index (χ3n) is 18.5. The van der Waals surface area contributed by atoms with E-state index in [1.54, 1.807) is 0 Å². The van der Waals surface area contributed by atoms with Crippen LogP contribution in [0.15, 0.2) is 279 Å². The van der Waals surface area contributed by atoms with Gasteiger partial charge >= 0.3 is 39.0 Å². The molecule has 8 aromatic carbocycles. The van der Waals surface area contributed by atoms with Crippen LogP contribution in [0.1, 0.15) is 78.9 Å². The van der Waals surface area contributed by atoms with E-state index < -0.39 is 0 Å². The largest absolute Gasteiger partial charge is 2.00 e. The fourth-order valence-corrected chi connectivity index (χ4v) is 13.7. The van der Waals surface area contributed by atoms with Crippen LogP contribution < -0.4 is 19.9 Å². The van der Waals surface area contributed by atoms with Crippen LogP contribution >= 0.6 is 0 Å². The summed E-state index contributed by atoms with van der Waals surface area (Å²) in [6.45, 7) is 0. The van der Waals surface area contributed by atoms with Crippen LogP contribution in [-0.2, 0) is 39.0 Å². The van der Waals surface area contributed by atoms with Crippen LogP contribution in [0.5, 0.6) is 0 Å². The molecule has 16 bridgehead atoms. The van der Waals surface area contributed by atoms with E-state index in [1.807, 2.05) is 133 Å². The van der Waals surface area contributed by atoms with Crippen LogP contribution in [0, 0.1) is 23.7 Å². The molecule has 104 heavy (non-hydrogen) atoms. The van der Waals surface area contributed by atoms with Crippen LogP contribution in [0.4, 0.5) is 0 Å². The zero-order valence-corrected chi connectivity index (χ0v) is 62.3. The van der Waals surface area contributed by atoms with Gasteiger partial charge < -0.3 is 19.9 Å². The molecule has 0 aliphatic carbocycles. The van der Waals surface area contributed by atoms with Crippen molar-refractivity contribution in [3.63, 3.8) is 0 Å². The molecule has 0 fully saturated rings. The molecule has 4 aliphatic heterocycles. The maximum atomic E-state index is 5.41. The molecule has 18 rings (SSSR count). The number of nitrogens with zero attached hydrogens (tertiary/aromatic N) is 8. The second-order valence-corrected chi connectivity index (χ2v) is 25.0. The van der Waals surface area contributed by atoms with E-state index >= 15 is 0 Å². The Bertz CT molecular complexity index is 5890. The summed E-state index contributed by atoms with van der Waals surface area (Å²) < 4.78 is 0. The van der Waals surface area contributed by atoms with Gasteiger partial charge in [-0.2, -0.15) is 0 Å². The molecule has 4 aliphatic rings. The minimum atomic E-state index is 0. The molecule has 0 N–H and O–H groups in total. The van der Waals surface area contributed by atoms with Gasteiger partial charge in [-0.05, 0) is 151 Å². The molecule has 476 valence electrons. The van der Waals surface area contributed by atoms with Crippen molar-refractivity contribution in [2.24, 2.45) is 0 Å². The molecule has 0 saturated heterocycles. The summed E-state index contributed by atoms with van der Waals surface area (Å²) >= 11 is 0. The first-order valence-electron chi connectivity index (χ1n) is 33.9. The smallest absolute Gasteiger partial charge is 0.657 e. The number of rotatable bonds is 8. The van der Waals surface area contributed by atoms with Gasteiger partial charge in [0.2, 0.25) is 0 Å². The van der Waals surface area contributed by atoms with Gasteiger partial charge in [-0.25, -0.2) is 19.9 Å². The Balaban J connectivity index is 0.00000416. The van der Waals surface area contributed by atoms with E-state index in [9.17, 15) is 0 Å². The molecular weight excluding hydrogens is 1370 g/mol. The van der Waals surface area contributed by atoms with Gasteiger partial charge in [0.1, 0.15) is 0 Å². The first-order chi connectivity index (χ1) is 50.5. The third kappa shape index (κ3) is 13.1. The van der Waals surface area contributed by atoms with Crippen LogP contribution in [0.25, 0.3) is 172 Å². The molecule has 0 radical (unpaired) electrons. The minimum Gasteiger partial charge on any atom is -0.657 e. The molecule has 14 aromatic rings. The normalized spacial score (nSPS) is 11.7. The fourth-order valence-electron chi connectivity index (χ4n) is 13.7. The summed E-state index contributed by atoms with van der Waals surface area (Å²) in [6, 6.07) is 95.3. The Morgan fingerprint density at radius 2 is 0.433 bits per heavy atom. The quantitative estimate of drug-likeness (QED) is 0.0841. The SMILES string of the molecule is C(#Cc1c2nc(c(-c3ccccc3)c3ccc([n-]3)c(-c3ccccc3)c3nc(c(-c4ccccc4)c4ccc1[n-]4)C=C3)C=C2)c1cccc(/C=C\c2cccc(C#Cc3c4nc(c(-c5ccccc5)c5ccc([n-]5)c(-c5ccccc5)c5nc(c(-c6ccccc6)c6ccc3[n-]6)C=C5)C=C4)c2)c1.[Zn+2].[Zn+2]. The summed E-state index contributed by atoms with van der Waals surface area (Å²) in [5, 5.41) is 0.